The second kappa shape index (κ2) is 6.44. The van der Waals surface area contributed by atoms with Crippen LogP contribution in [0.4, 0.5) is 4.39 Å². The number of rotatable bonds is 4. The van der Waals surface area contributed by atoms with Crippen LogP contribution in [-0.4, -0.2) is 0 Å². The summed E-state index contributed by atoms with van der Waals surface area (Å²) in [6, 6.07) is 9.15. The first-order chi connectivity index (χ1) is 9.47. The van der Waals surface area contributed by atoms with Crippen LogP contribution in [0, 0.1) is 5.82 Å². The predicted octanol–water partition coefficient (Wildman–Crippen LogP) is 4.73. The molecule has 0 saturated heterocycles. The van der Waals surface area contributed by atoms with Crippen molar-refractivity contribution >= 4 is 23.2 Å². The molecule has 0 amide bonds. The van der Waals surface area contributed by atoms with Gasteiger partial charge < -0.3 is 10.5 Å². The van der Waals surface area contributed by atoms with Crippen molar-refractivity contribution in [1.82, 2.24) is 0 Å². The molecule has 0 aromatic heterocycles. The van der Waals surface area contributed by atoms with Gasteiger partial charge in [-0.15, -0.1) is 0 Å². The van der Waals surface area contributed by atoms with Crippen molar-refractivity contribution in [3.05, 3.63) is 63.4 Å². The second-order valence-corrected chi connectivity index (χ2v) is 5.34. The van der Waals surface area contributed by atoms with Crippen LogP contribution in [0.2, 0.25) is 10.0 Å². The highest BCUT2D eigenvalue weighted by molar-refractivity contribution is 6.35. The van der Waals surface area contributed by atoms with Gasteiger partial charge in [-0.3, -0.25) is 0 Å². The van der Waals surface area contributed by atoms with Crippen molar-refractivity contribution in [1.29, 1.82) is 0 Å². The smallest absolute Gasteiger partial charge is 0.124 e. The predicted molar refractivity (Wildman–Crippen MR) is 79.8 cm³/mol. The largest absolute Gasteiger partial charge is 0.489 e. The zero-order valence-corrected chi connectivity index (χ0v) is 12.4. The third-order valence-corrected chi connectivity index (χ3v) is 3.45. The molecule has 0 aliphatic rings. The highest BCUT2D eigenvalue weighted by Crippen LogP contribution is 2.27. The summed E-state index contributed by atoms with van der Waals surface area (Å²) < 4.78 is 18.9. The van der Waals surface area contributed by atoms with Gasteiger partial charge >= 0.3 is 0 Å². The Morgan fingerprint density at radius 2 is 1.95 bits per heavy atom. The highest BCUT2D eigenvalue weighted by atomic mass is 35.5. The standard InChI is InChI=1S/C15H14Cl2FNO/c1-9(19)13-7-12(18)4-5-15(13)20-8-10-2-3-11(16)6-14(10)17/h2-7,9H,8,19H2,1H3. The van der Waals surface area contributed by atoms with Crippen LogP contribution in [0.5, 0.6) is 5.75 Å². The van der Waals surface area contributed by atoms with E-state index >= 15 is 0 Å². The average Bonchev–Trinajstić information content (AvgIpc) is 2.38. The summed E-state index contributed by atoms with van der Waals surface area (Å²) in [4.78, 5) is 0. The van der Waals surface area contributed by atoms with E-state index in [1.165, 1.54) is 12.1 Å². The van der Waals surface area contributed by atoms with Crippen molar-refractivity contribution in [2.24, 2.45) is 5.73 Å². The maximum absolute atomic E-state index is 13.2. The molecule has 5 heteroatoms. The van der Waals surface area contributed by atoms with Crippen molar-refractivity contribution in [2.45, 2.75) is 19.6 Å². The van der Waals surface area contributed by atoms with Crippen LogP contribution in [0.1, 0.15) is 24.1 Å². The van der Waals surface area contributed by atoms with E-state index in [1.807, 2.05) is 0 Å². The molecule has 2 rings (SSSR count). The number of halogens is 3. The maximum Gasteiger partial charge on any atom is 0.124 e. The Kier molecular flexibility index (Phi) is 4.86. The number of hydrogen-bond donors (Lipinski definition) is 1. The van der Waals surface area contributed by atoms with E-state index in [1.54, 1.807) is 31.2 Å². The molecule has 1 unspecified atom stereocenters. The number of nitrogens with two attached hydrogens (primary N) is 1. The molecular weight excluding hydrogens is 300 g/mol. The molecule has 0 fully saturated rings. The molecule has 2 aromatic rings. The summed E-state index contributed by atoms with van der Waals surface area (Å²) in [7, 11) is 0. The fraction of sp³-hybridized carbons (Fsp3) is 0.200. The van der Waals surface area contributed by atoms with Gasteiger partial charge in [0.05, 0.1) is 0 Å². The Labute approximate surface area is 127 Å². The van der Waals surface area contributed by atoms with Crippen molar-refractivity contribution in [3.8, 4) is 5.75 Å². The third kappa shape index (κ3) is 3.63. The van der Waals surface area contributed by atoms with E-state index in [4.69, 9.17) is 33.7 Å². The van der Waals surface area contributed by atoms with Gasteiger partial charge in [0.1, 0.15) is 18.2 Å². The fourth-order valence-electron chi connectivity index (χ4n) is 1.80. The summed E-state index contributed by atoms with van der Waals surface area (Å²) in [5, 5.41) is 1.10. The van der Waals surface area contributed by atoms with Crippen LogP contribution in [0.15, 0.2) is 36.4 Å². The molecule has 20 heavy (non-hydrogen) atoms. The SMILES string of the molecule is CC(N)c1cc(F)ccc1OCc1ccc(Cl)cc1Cl. The first kappa shape index (κ1) is 15.1. The normalized spacial score (nSPS) is 12.2. The first-order valence-electron chi connectivity index (χ1n) is 6.09. The van der Waals surface area contributed by atoms with E-state index in [0.717, 1.165) is 5.56 Å². The minimum atomic E-state index is -0.339. The molecular formula is C15H14Cl2FNO. The van der Waals surface area contributed by atoms with Crippen LogP contribution in [-0.2, 0) is 6.61 Å². The summed E-state index contributed by atoms with van der Waals surface area (Å²) >= 11 is 11.9. The lowest BCUT2D eigenvalue weighted by Crippen LogP contribution is -2.08. The minimum absolute atomic E-state index is 0.265. The maximum atomic E-state index is 13.2. The molecule has 0 bridgehead atoms. The molecule has 0 saturated carbocycles. The Hall–Kier alpha value is -1.29. The Balaban J connectivity index is 2.18. The molecule has 1 atom stereocenters. The molecule has 0 aliphatic heterocycles. The van der Waals surface area contributed by atoms with E-state index in [0.29, 0.717) is 21.4 Å². The molecule has 0 heterocycles. The lowest BCUT2D eigenvalue weighted by Gasteiger charge is -2.14. The lowest BCUT2D eigenvalue weighted by atomic mass is 10.1. The molecule has 0 aliphatic carbocycles. The first-order valence-corrected chi connectivity index (χ1v) is 6.84. The zero-order chi connectivity index (χ0) is 14.7. The van der Waals surface area contributed by atoms with Crippen LogP contribution >= 0.6 is 23.2 Å². The van der Waals surface area contributed by atoms with Gasteiger partial charge in [-0.05, 0) is 37.3 Å². The topological polar surface area (TPSA) is 35.2 Å². The number of benzene rings is 2. The number of hydrogen-bond acceptors (Lipinski definition) is 2. The summed E-state index contributed by atoms with van der Waals surface area (Å²) in [6.07, 6.45) is 0. The zero-order valence-electron chi connectivity index (χ0n) is 10.9. The van der Waals surface area contributed by atoms with Crippen LogP contribution in [0.25, 0.3) is 0 Å². The van der Waals surface area contributed by atoms with Gasteiger partial charge in [0.25, 0.3) is 0 Å². The van der Waals surface area contributed by atoms with Gasteiger partial charge in [0.2, 0.25) is 0 Å². The molecule has 0 radical (unpaired) electrons. The summed E-state index contributed by atoms with van der Waals surface area (Å²) in [5.41, 5.74) is 7.23. The molecule has 106 valence electrons. The average molecular weight is 314 g/mol. The monoisotopic (exact) mass is 313 g/mol. The molecule has 2 aromatic carbocycles. The Morgan fingerprint density at radius 1 is 1.20 bits per heavy atom. The van der Waals surface area contributed by atoms with Crippen molar-refractivity contribution in [3.63, 3.8) is 0 Å². The number of ether oxygens (including phenoxy) is 1. The second-order valence-electron chi connectivity index (χ2n) is 4.50. The minimum Gasteiger partial charge on any atom is -0.489 e. The van der Waals surface area contributed by atoms with Gasteiger partial charge in [0, 0.05) is 27.2 Å². The van der Waals surface area contributed by atoms with E-state index in [2.05, 4.69) is 0 Å². The van der Waals surface area contributed by atoms with Gasteiger partial charge in [-0.1, -0.05) is 29.3 Å². The van der Waals surface area contributed by atoms with E-state index < -0.39 is 0 Å². The fourth-order valence-corrected chi connectivity index (χ4v) is 2.26. The Bertz CT molecular complexity index is 617. The van der Waals surface area contributed by atoms with Crippen molar-refractivity contribution in [2.75, 3.05) is 0 Å². The molecule has 2 nitrogen and oxygen atoms in total. The quantitative estimate of drug-likeness (QED) is 0.885. The van der Waals surface area contributed by atoms with Crippen LogP contribution in [0.3, 0.4) is 0 Å². The molecule has 2 N–H and O–H groups in total. The lowest BCUT2D eigenvalue weighted by molar-refractivity contribution is 0.301. The van der Waals surface area contributed by atoms with E-state index in [-0.39, 0.29) is 18.5 Å². The Morgan fingerprint density at radius 3 is 2.60 bits per heavy atom. The highest BCUT2D eigenvalue weighted by Gasteiger charge is 2.10. The van der Waals surface area contributed by atoms with Gasteiger partial charge in [0.15, 0.2) is 0 Å². The summed E-state index contributed by atoms with van der Waals surface area (Å²) in [6.45, 7) is 2.04. The van der Waals surface area contributed by atoms with Crippen molar-refractivity contribution < 1.29 is 9.13 Å². The summed E-state index contributed by atoms with van der Waals surface area (Å²) in [5.74, 6) is 0.210. The van der Waals surface area contributed by atoms with E-state index in [9.17, 15) is 4.39 Å². The third-order valence-electron chi connectivity index (χ3n) is 2.86. The van der Waals surface area contributed by atoms with Crippen LogP contribution < -0.4 is 10.5 Å². The van der Waals surface area contributed by atoms with Gasteiger partial charge in [-0.2, -0.15) is 0 Å². The van der Waals surface area contributed by atoms with Gasteiger partial charge in [-0.25, -0.2) is 4.39 Å². The molecule has 0 spiro atoms.